The van der Waals surface area contributed by atoms with Crippen molar-refractivity contribution < 1.29 is 9.47 Å². The van der Waals surface area contributed by atoms with Gasteiger partial charge in [-0.05, 0) is 31.6 Å². The summed E-state index contributed by atoms with van der Waals surface area (Å²) in [5.74, 6) is 0.864. The molecule has 2 N–H and O–H groups in total. The van der Waals surface area contributed by atoms with Crippen LogP contribution < -0.4 is 10.6 Å². The molecule has 1 aliphatic carbocycles. The van der Waals surface area contributed by atoms with E-state index in [1.165, 1.54) is 19.3 Å². The minimum atomic E-state index is 0. The lowest BCUT2D eigenvalue weighted by atomic mass is 9.67. The Hall–Kier alpha value is -0.0800. The maximum Gasteiger partial charge on any atom is 0.191 e. The van der Waals surface area contributed by atoms with Crippen LogP contribution >= 0.6 is 24.0 Å². The summed E-state index contributed by atoms with van der Waals surface area (Å²) in [5, 5.41) is 6.69. The summed E-state index contributed by atoms with van der Waals surface area (Å²) in [4.78, 5) is 4.24. The Morgan fingerprint density at radius 3 is 2.50 bits per heavy atom. The highest BCUT2D eigenvalue weighted by Gasteiger charge is 2.36. The van der Waals surface area contributed by atoms with E-state index >= 15 is 0 Å². The zero-order chi connectivity index (χ0) is 14.0. The summed E-state index contributed by atoms with van der Waals surface area (Å²) < 4.78 is 10.5. The summed E-state index contributed by atoms with van der Waals surface area (Å²) in [5.41, 5.74) is 0.410. The van der Waals surface area contributed by atoms with Gasteiger partial charge >= 0.3 is 0 Å². The average molecular weight is 399 g/mol. The van der Waals surface area contributed by atoms with E-state index in [0.717, 1.165) is 38.7 Å². The van der Waals surface area contributed by atoms with Crippen LogP contribution in [0.15, 0.2) is 4.99 Å². The third-order valence-electron chi connectivity index (χ3n) is 3.85. The summed E-state index contributed by atoms with van der Waals surface area (Å²) in [6.45, 7) is 6.09. The predicted molar refractivity (Wildman–Crippen MR) is 94.0 cm³/mol. The van der Waals surface area contributed by atoms with Crippen molar-refractivity contribution in [1.82, 2.24) is 10.6 Å². The molecule has 0 aliphatic heterocycles. The van der Waals surface area contributed by atoms with Crippen LogP contribution in [0.5, 0.6) is 0 Å². The Kier molecular flexibility index (Phi) is 11.5. The predicted octanol–water partition coefficient (Wildman–Crippen LogP) is 2.01. The Balaban J connectivity index is 0.00000361. The number of halogens is 1. The van der Waals surface area contributed by atoms with E-state index < -0.39 is 0 Å². The Bertz CT molecular complexity index is 271. The summed E-state index contributed by atoms with van der Waals surface area (Å²) in [6, 6.07) is 0. The topological polar surface area (TPSA) is 54.9 Å². The van der Waals surface area contributed by atoms with Crippen molar-refractivity contribution in [3.63, 3.8) is 0 Å². The molecule has 1 saturated carbocycles. The molecule has 0 atom stereocenters. The minimum absolute atomic E-state index is 0. The molecule has 1 aliphatic rings. The molecule has 5 nitrogen and oxygen atoms in total. The van der Waals surface area contributed by atoms with Gasteiger partial charge in [-0.25, -0.2) is 0 Å². The molecule has 0 amide bonds. The number of nitrogens with one attached hydrogen (secondary N) is 2. The fourth-order valence-corrected chi connectivity index (χ4v) is 2.39. The number of aliphatic imine (C=N–C) groups is 1. The average Bonchev–Trinajstić information content (AvgIpc) is 2.39. The van der Waals surface area contributed by atoms with Crippen LogP contribution in [-0.4, -0.2) is 53.0 Å². The molecule has 0 radical (unpaired) electrons. The van der Waals surface area contributed by atoms with Gasteiger partial charge in [0.1, 0.15) is 0 Å². The molecule has 0 unspecified atom stereocenters. The Morgan fingerprint density at radius 2 is 2.00 bits per heavy atom. The minimum Gasteiger partial charge on any atom is -0.385 e. The first kappa shape index (κ1) is 19.9. The number of guanidine groups is 1. The third-order valence-corrected chi connectivity index (χ3v) is 3.85. The normalized spacial score (nSPS) is 17.1. The number of rotatable bonds is 9. The fourth-order valence-electron chi connectivity index (χ4n) is 2.39. The molecule has 0 heterocycles. The van der Waals surface area contributed by atoms with Crippen LogP contribution in [0, 0.1) is 5.41 Å². The quantitative estimate of drug-likeness (QED) is 0.270. The van der Waals surface area contributed by atoms with Gasteiger partial charge in [0.05, 0.1) is 6.61 Å². The second-order valence-electron chi connectivity index (χ2n) is 5.15. The van der Waals surface area contributed by atoms with Crippen LogP contribution in [0.1, 0.15) is 32.6 Å². The van der Waals surface area contributed by atoms with Crippen LogP contribution in [-0.2, 0) is 9.47 Å². The molecule has 120 valence electrons. The van der Waals surface area contributed by atoms with Gasteiger partial charge in [-0.2, -0.15) is 0 Å². The highest BCUT2D eigenvalue weighted by Crippen LogP contribution is 2.43. The summed E-state index contributed by atoms with van der Waals surface area (Å²) in [7, 11) is 3.58. The number of hydrogen-bond donors (Lipinski definition) is 2. The zero-order valence-electron chi connectivity index (χ0n) is 13.0. The van der Waals surface area contributed by atoms with Crippen molar-refractivity contribution in [3.8, 4) is 0 Å². The van der Waals surface area contributed by atoms with Crippen LogP contribution in [0.2, 0.25) is 0 Å². The zero-order valence-corrected chi connectivity index (χ0v) is 15.4. The first-order chi connectivity index (χ1) is 9.26. The lowest BCUT2D eigenvalue weighted by molar-refractivity contribution is 0.0732. The van der Waals surface area contributed by atoms with Crippen LogP contribution in [0.4, 0.5) is 0 Å². The maximum atomic E-state index is 5.30. The van der Waals surface area contributed by atoms with Crippen LogP contribution in [0.3, 0.4) is 0 Å². The molecular weight excluding hydrogens is 369 g/mol. The van der Waals surface area contributed by atoms with Gasteiger partial charge in [0.15, 0.2) is 5.96 Å². The molecule has 0 aromatic heterocycles. The van der Waals surface area contributed by atoms with Crippen molar-refractivity contribution in [2.24, 2.45) is 10.4 Å². The van der Waals surface area contributed by atoms with E-state index in [-0.39, 0.29) is 24.0 Å². The first-order valence-corrected chi connectivity index (χ1v) is 7.27. The second-order valence-corrected chi connectivity index (χ2v) is 5.15. The van der Waals surface area contributed by atoms with Crippen molar-refractivity contribution in [1.29, 1.82) is 0 Å². The number of nitrogens with zero attached hydrogens (tertiary/aromatic N) is 1. The highest BCUT2D eigenvalue weighted by molar-refractivity contribution is 14.0. The smallest absolute Gasteiger partial charge is 0.191 e. The molecular formula is C14H30IN3O2. The monoisotopic (exact) mass is 399 g/mol. The van der Waals surface area contributed by atoms with Crippen molar-refractivity contribution in [2.75, 3.05) is 47.1 Å². The number of hydrogen-bond acceptors (Lipinski definition) is 3. The molecule has 0 aromatic rings. The maximum absolute atomic E-state index is 5.30. The molecule has 0 saturated heterocycles. The third kappa shape index (κ3) is 7.08. The van der Waals surface area contributed by atoms with E-state index in [1.807, 2.05) is 6.92 Å². The van der Waals surface area contributed by atoms with Gasteiger partial charge in [-0.1, -0.05) is 6.42 Å². The van der Waals surface area contributed by atoms with E-state index in [4.69, 9.17) is 9.47 Å². The standard InChI is InChI=1S/C14H29N3O2.HI/c1-4-19-11-9-16-13(15-2)17-12-14(6-5-7-14)8-10-18-3;/h4-12H2,1-3H3,(H2,15,16,17);1H. The first-order valence-electron chi connectivity index (χ1n) is 7.27. The molecule has 1 rings (SSSR count). The van der Waals surface area contributed by atoms with E-state index in [9.17, 15) is 0 Å². The van der Waals surface area contributed by atoms with Gasteiger partial charge in [-0.15, -0.1) is 24.0 Å². The lowest BCUT2D eigenvalue weighted by Crippen LogP contribution is -2.47. The van der Waals surface area contributed by atoms with E-state index in [0.29, 0.717) is 12.0 Å². The van der Waals surface area contributed by atoms with Gasteiger partial charge in [-0.3, -0.25) is 4.99 Å². The molecule has 0 aromatic carbocycles. The largest absolute Gasteiger partial charge is 0.385 e. The lowest BCUT2D eigenvalue weighted by Gasteiger charge is -2.42. The Morgan fingerprint density at radius 1 is 1.25 bits per heavy atom. The van der Waals surface area contributed by atoms with Gasteiger partial charge in [0.25, 0.3) is 0 Å². The van der Waals surface area contributed by atoms with Crippen LogP contribution in [0.25, 0.3) is 0 Å². The van der Waals surface area contributed by atoms with Crippen molar-refractivity contribution in [3.05, 3.63) is 0 Å². The molecule has 0 spiro atoms. The Labute approximate surface area is 140 Å². The second kappa shape index (κ2) is 11.6. The molecule has 1 fully saturated rings. The highest BCUT2D eigenvalue weighted by atomic mass is 127. The van der Waals surface area contributed by atoms with Gasteiger partial charge < -0.3 is 20.1 Å². The summed E-state index contributed by atoms with van der Waals surface area (Å²) in [6.07, 6.45) is 5.05. The van der Waals surface area contributed by atoms with Crippen molar-refractivity contribution in [2.45, 2.75) is 32.6 Å². The molecule has 0 bridgehead atoms. The summed E-state index contributed by atoms with van der Waals surface area (Å²) >= 11 is 0. The molecule has 6 heteroatoms. The SMILES string of the molecule is CCOCCNC(=NC)NCC1(CCOC)CCC1.I. The van der Waals surface area contributed by atoms with E-state index in [2.05, 4.69) is 15.6 Å². The fraction of sp³-hybridized carbons (Fsp3) is 0.929. The van der Waals surface area contributed by atoms with Gasteiger partial charge in [0, 0.05) is 40.5 Å². The molecule has 20 heavy (non-hydrogen) atoms. The van der Waals surface area contributed by atoms with Gasteiger partial charge in [0.2, 0.25) is 0 Å². The number of ether oxygens (including phenoxy) is 2. The van der Waals surface area contributed by atoms with Crippen molar-refractivity contribution >= 4 is 29.9 Å². The number of methoxy groups -OCH3 is 1. The van der Waals surface area contributed by atoms with E-state index in [1.54, 1.807) is 14.2 Å².